The highest BCUT2D eigenvalue weighted by atomic mass is 32.1. The topological polar surface area (TPSA) is 83.5 Å². The van der Waals surface area contributed by atoms with Gasteiger partial charge in [0.25, 0.3) is 0 Å². The van der Waals surface area contributed by atoms with Crippen molar-refractivity contribution >= 4 is 32.8 Å². The van der Waals surface area contributed by atoms with Crippen LogP contribution in [-0.2, 0) is 13.1 Å². The van der Waals surface area contributed by atoms with E-state index in [1.54, 1.807) is 7.11 Å². The molecule has 1 N–H and O–H groups in total. The third-order valence-corrected chi connectivity index (χ3v) is 6.58. The Morgan fingerprint density at radius 2 is 1.90 bits per heavy atom. The van der Waals surface area contributed by atoms with Gasteiger partial charge in [-0.25, -0.2) is 14.8 Å². The predicted octanol–water partition coefficient (Wildman–Crippen LogP) is 3.11. The quantitative estimate of drug-likeness (QED) is 0.714. The van der Waals surface area contributed by atoms with Crippen molar-refractivity contribution in [3.8, 4) is 5.88 Å². The van der Waals surface area contributed by atoms with Crippen LogP contribution in [0.4, 0.5) is 9.93 Å². The van der Waals surface area contributed by atoms with Gasteiger partial charge >= 0.3 is 6.03 Å². The first-order chi connectivity index (χ1) is 14.2. The van der Waals surface area contributed by atoms with Gasteiger partial charge in [0.2, 0.25) is 5.88 Å². The van der Waals surface area contributed by atoms with Crippen LogP contribution in [0.25, 0.3) is 10.3 Å². The summed E-state index contributed by atoms with van der Waals surface area (Å²) < 4.78 is 5.21. The van der Waals surface area contributed by atoms with Crippen LogP contribution in [0.1, 0.15) is 24.0 Å². The summed E-state index contributed by atoms with van der Waals surface area (Å²) in [5.74, 6) is 0.416. The molecule has 0 atom stereocenters. The largest absolute Gasteiger partial charge is 0.479 e. The number of nitrogens with one attached hydrogen (secondary N) is 1. The Morgan fingerprint density at radius 1 is 1.17 bits per heavy atom. The molecule has 2 aliphatic heterocycles. The third kappa shape index (κ3) is 3.51. The molecular formula is C20H22N6O2S. The van der Waals surface area contributed by atoms with Crippen LogP contribution < -0.4 is 10.1 Å². The predicted molar refractivity (Wildman–Crippen MR) is 111 cm³/mol. The molecule has 3 aromatic rings. The summed E-state index contributed by atoms with van der Waals surface area (Å²) >= 11 is 1.32. The van der Waals surface area contributed by atoms with Crippen LogP contribution in [0.2, 0.25) is 0 Å². The normalized spacial score (nSPS) is 17.5. The smallest absolute Gasteiger partial charge is 0.323 e. The lowest BCUT2D eigenvalue weighted by Gasteiger charge is -2.36. The van der Waals surface area contributed by atoms with E-state index in [0.29, 0.717) is 27.4 Å². The Labute approximate surface area is 172 Å². The monoisotopic (exact) mass is 410 g/mol. The van der Waals surface area contributed by atoms with Crippen LogP contribution in [0, 0.1) is 0 Å². The molecule has 0 unspecified atom stereocenters. The van der Waals surface area contributed by atoms with E-state index < -0.39 is 0 Å². The van der Waals surface area contributed by atoms with E-state index >= 15 is 0 Å². The number of piperidine rings is 1. The molecule has 8 nitrogen and oxygen atoms in total. The van der Waals surface area contributed by atoms with Gasteiger partial charge in [0.1, 0.15) is 6.33 Å². The lowest BCUT2D eigenvalue weighted by molar-refractivity contribution is 0.120. The Hall–Kier alpha value is -2.78. The second kappa shape index (κ2) is 7.57. The van der Waals surface area contributed by atoms with Crippen LogP contribution in [0.15, 0.2) is 30.6 Å². The van der Waals surface area contributed by atoms with Crippen LogP contribution in [0.3, 0.4) is 0 Å². The van der Waals surface area contributed by atoms with E-state index in [1.165, 1.54) is 28.8 Å². The average Bonchev–Trinajstić information content (AvgIpc) is 3.37. The van der Waals surface area contributed by atoms with Gasteiger partial charge in [-0.2, -0.15) is 4.98 Å². The highest BCUT2D eigenvalue weighted by molar-refractivity contribution is 7.22. The number of aromatic nitrogens is 3. The maximum absolute atomic E-state index is 12.7. The average molecular weight is 411 g/mol. The first-order valence-electron chi connectivity index (χ1n) is 9.73. The fourth-order valence-electron chi connectivity index (χ4n) is 4.16. The van der Waals surface area contributed by atoms with Gasteiger partial charge in [0.05, 0.1) is 7.11 Å². The van der Waals surface area contributed by atoms with Gasteiger partial charge in [0, 0.05) is 32.2 Å². The number of benzene rings is 1. The Bertz CT molecular complexity index is 1020. The SMILES string of the molecule is COc1ncnc2sc(NC(=O)N3CCC(N4Cc5ccccc5C4)CC3)nc12. The number of ether oxygens (including phenoxy) is 1. The van der Waals surface area contributed by atoms with Crippen molar-refractivity contribution in [1.82, 2.24) is 24.8 Å². The van der Waals surface area contributed by atoms with Crippen LogP contribution >= 0.6 is 11.3 Å². The summed E-state index contributed by atoms with van der Waals surface area (Å²) in [6.07, 6.45) is 3.41. The lowest BCUT2D eigenvalue weighted by Crippen LogP contribution is -2.46. The number of likely N-dealkylation sites (tertiary alicyclic amines) is 1. The molecule has 2 amide bonds. The number of rotatable bonds is 3. The van der Waals surface area contributed by atoms with Gasteiger partial charge in [0.15, 0.2) is 15.5 Å². The molecule has 1 saturated heterocycles. The number of amides is 2. The van der Waals surface area contributed by atoms with Crippen molar-refractivity contribution < 1.29 is 9.53 Å². The number of thiazole rings is 1. The molecule has 1 fully saturated rings. The zero-order valence-corrected chi connectivity index (χ0v) is 17.0. The number of methoxy groups -OCH3 is 1. The first kappa shape index (κ1) is 18.3. The second-order valence-electron chi connectivity index (χ2n) is 7.38. The highest BCUT2D eigenvalue weighted by Crippen LogP contribution is 2.30. The summed E-state index contributed by atoms with van der Waals surface area (Å²) in [7, 11) is 1.54. The minimum absolute atomic E-state index is 0.112. The molecular weight excluding hydrogens is 388 g/mol. The Morgan fingerprint density at radius 3 is 2.59 bits per heavy atom. The molecule has 0 aliphatic carbocycles. The number of carbonyl (C=O) groups is 1. The van der Waals surface area contributed by atoms with E-state index in [9.17, 15) is 4.79 Å². The van der Waals surface area contributed by atoms with Gasteiger partial charge < -0.3 is 9.64 Å². The fraction of sp³-hybridized carbons (Fsp3) is 0.400. The van der Waals surface area contributed by atoms with E-state index in [4.69, 9.17) is 4.74 Å². The second-order valence-corrected chi connectivity index (χ2v) is 8.36. The molecule has 9 heteroatoms. The number of carbonyl (C=O) groups excluding carboxylic acids is 1. The van der Waals surface area contributed by atoms with Gasteiger partial charge in [-0.1, -0.05) is 35.6 Å². The molecule has 0 bridgehead atoms. The molecule has 29 heavy (non-hydrogen) atoms. The number of hydrogen-bond donors (Lipinski definition) is 1. The molecule has 2 aromatic heterocycles. The molecule has 150 valence electrons. The van der Waals surface area contributed by atoms with Crippen molar-refractivity contribution in [3.05, 3.63) is 41.7 Å². The summed E-state index contributed by atoms with van der Waals surface area (Å²) in [4.78, 5) is 30.5. The molecule has 0 saturated carbocycles. The highest BCUT2D eigenvalue weighted by Gasteiger charge is 2.30. The first-order valence-corrected chi connectivity index (χ1v) is 10.5. The van der Waals surface area contributed by atoms with E-state index in [2.05, 4.69) is 49.4 Å². The van der Waals surface area contributed by atoms with Crippen LogP contribution in [-0.4, -0.2) is 57.0 Å². The van der Waals surface area contributed by atoms with Crippen LogP contribution in [0.5, 0.6) is 5.88 Å². The van der Waals surface area contributed by atoms with Gasteiger partial charge in [-0.3, -0.25) is 10.2 Å². The zero-order valence-electron chi connectivity index (χ0n) is 16.2. The number of anilines is 1. The van der Waals surface area contributed by atoms with Gasteiger partial charge in [-0.15, -0.1) is 0 Å². The van der Waals surface area contributed by atoms with E-state index in [0.717, 1.165) is 39.0 Å². The van der Waals surface area contributed by atoms with Crippen molar-refractivity contribution in [2.75, 3.05) is 25.5 Å². The number of nitrogens with zero attached hydrogens (tertiary/aromatic N) is 5. The van der Waals surface area contributed by atoms with E-state index in [-0.39, 0.29) is 6.03 Å². The summed E-state index contributed by atoms with van der Waals surface area (Å²) in [6.45, 7) is 3.53. The van der Waals surface area contributed by atoms with Crippen molar-refractivity contribution in [1.29, 1.82) is 0 Å². The number of hydrogen-bond acceptors (Lipinski definition) is 7. The molecule has 2 aliphatic rings. The summed E-state index contributed by atoms with van der Waals surface area (Å²) in [5.41, 5.74) is 3.44. The Kier molecular flexibility index (Phi) is 4.76. The standard InChI is InChI=1S/C20H22N6O2S/c1-28-17-16-18(22-12-21-17)29-19(23-16)24-20(27)25-8-6-15(7-9-25)26-10-13-4-2-3-5-14(13)11-26/h2-5,12,15H,6-11H2,1H3,(H,23,24,27). The maximum atomic E-state index is 12.7. The molecule has 0 radical (unpaired) electrons. The lowest BCUT2D eigenvalue weighted by atomic mass is 10.0. The van der Waals surface area contributed by atoms with Gasteiger partial charge in [-0.05, 0) is 24.0 Å². The summed E-state index contributed by atoms with van der Waals surface area (Å²) in [5, 5.41) is 3.42. The van der Waals surface area contributed by atoms with Crippen molar-refractivity contribution in [3.63, 3.8) is 0 Å². The number of fused-ring (bicyclic) bond motifs is 2. The molecule has 1 aromatic carbocycles. The number of urea groups is 1. The van der Waals surface area contributed by atoms with Crippen molar-refractivity contribution in [2.45, 2.75) is 32.0 Å². The zero-order chi connectivity index (χ0) is 19.8. The Balaban J connectivity index is 1.19. The van der Waals surface area contributed by atoms with E-state index in [1.807, 2.05) is 4.90 Å². The minimum atomic E-state index is -0.112. The molecule has 5 rings (SSSR count). The third-order valence-electron chi connectivity index (χ3n) is 5.70. The summed E-state index contributed by atoms with van der Waals surface area (Å²) in [6, 6.07) is 9.06. The maximum Gasteiger partial charge on any atom is 0.323 e. The minimum Gasteiger partial charge on any atom is -0.479 e. The fourth-order valence-corrected chi connectivity index (χ4v) is 4.95. The molecule has 4 heterocycles. The van der Waals surface area contributed by atoms with Crippen molar-refractivity contribution in [2.24, 2.45) is 0 Å². The molecule has 0 spiro atoms.